The molecule has 1 heterocycles. The number of hydrogen-bond acceptors (Lipinski definition) is 3. The zero-order valence-electron chi connectivity index (χ0n) is 6.61. The standard InChI is InChI=1S/C8H7N.HIO3/c1-2-4-8-7(3-1)5-6-9-8;2-1(3)4/h1-6,9H;2H. The van der Waals surface area contributed by atoms with E-state index in [0.717, 1.165) is 0 Å². The van der Waals surface area contributed by atoms with Crippen LogP contribution in [-0.4, -0.2) is 8.42 Å². The minimum atomic E-state index is -3.76. The maximum atomic E-state index is 8.68. The Morgan fingerprint density at radius 3 is 2.38 bits per heavy atom. The first-order valence-electron chi connectivity index (χ1n) is 3.47. The number of nitrogens with one attached hydrogen (secondary N) is 1. The van der Waals surface area contributed by atoms with Crippen molar-refractivity contribution in [2.45, 2.75) is 0 Å². The SMILES string of the molecule is [O-][I+2]([O-])O.c1ccc2[nH]ccc2c1. The molecule has 0 aliphatic carbocycles. The molecule has 0 unspecified atom stereocenters. The first-order chi connectivity index (χ1) is 6.20. The number of fused-ring (bicyclic) bond motifs is 1. The van der Waals surface area contributed by atoms with Crippen LogP contribution in [-0.2, 0) is 0 Å². The predicted molar refractivity (Wildman–Crippen MR) is 40.5 cm³/mol. The van der Waals surface area contributed by atoms with Gasteiger partial charge in [-0.2, -0.15) is 0 Å². The van der Waals surface area contributed by atoms with Crippen LogP contribution in [0, 0.1) is 0 Å². The second-order valence-electron chi connectivity index (χ2n) is 2.27. The Kier molecular flexibility index (Phi) is 4.16. The minimum Gasteiger partial charge on any atom is -0.396 e. The number of hydrogen-bond donors (Lipinski definition) is 2. The molecular weight excluding hydrogens is 285 g/mol. The first kappa shape index (κ1) is 10.5. The summed E-state index contributed by atoms with van der Waals surface area (Å²) in [6.45, 7) is 0. The van der Waals surface area contributed by atoms with Crippen molar-refractivity contribution in [1.29, 1.82) is 0 Å². The summed E-state index contributed by atoms with van der Waals surface area (Å²) in [6, 6.07) is 10.3. The van der Waals surface area contributed by atoms with Crippen molar-refractivity contribution in [2.75, 3.05) is 0 Å². The zero-order chi connectivity index (χ0) is 9.68. The van der Waals surface area contributed by atoms with Crippen molar-refractivity contribution >= 4 is 10.9 Å². The topological polar surface area (TPSA) is 82.1 Å². The van der Waals surface area contributed by atoms with Gasteiger partial charge < -0.3 is 11.9 Å². The molecule has 0 radical (unpaired) electrons. The Bertz CT molecular complexity index is 328. The number of rotatable bonds is 0. The van der Waals surface area contributed by atoms with E-state index in [1.807, 2.05) is 18.3 Å². The van der Waals surface area contributed by atoms with Crippen molar-refractivity contribution in [3.63, 3.8) is 0 Å². The number of para-hydroxylation sites is 1. The molecular formula is C8H8INO3. The molecule has 2 aromatic rings. The van der Waals surface area contributed by atoms with Gasteiger partial charge in [0.1, 0.15) is 0 Å². The number of aromatic amines is 1. The number of aromatic nitrogens is 1. The summed E-state index contributed by atoms with van der Waals surface area (Å²) in [4.78, 5) is 3.12. The van der Waals surface area contributed by atoms with Crippen LogP contribution in [0.5, 0.6) is 0 Å². The molecule has 2 N–H and O–H groups in total. The van der Waals surface area contributed by atoms with Gasteiger partial charge in [-0.3, -0.25) is 0 Å². The molecule has 0 aliphatic heterocycles. The monoisotopic (exact) mass is 293 g/mol. The largest absolute Gasteiger partial charge is 0.503 e. The maximum absolute atomic E-state index is 8.68. The first-order valence-corrected chi connectivity index (χ1v) is 6.19. The number of halogens is 1. The van der Waals surface area contributed by atoms with Crippen LogP contribution in [0.3, 0.4) is 0 Å². The quantitative estimate of drug-likeness (QED) is 0.489. The Morgan fingerprint density at radius 2 is 1.77 bits per heavy atom. The summed E-state index contributed by atoms with van der Waals surface area (Å²) in [7, 11) is 0. The van der Waals surface area contributed by atoms with Crippen molar-refractivity contribution in [3.8, 4) is 0 Å². The minimum absolute atomic E-state index is 1.21. The van der Waals surface area contributed by atoms with E-state index in [2.05, 4.69) is 23.2 Å². The Balaban J connectivity index is 0.000000184. The zero-order valence-corrected chi connectivity index (χ0v) is 8.76. The summed E-state index contributed by atoms with van der Waals surface area (Å²) in [5, 5.41) is 1.28. The van der Waals surface area contributed by atoms with Crippen LogP contribution in [0.15, 0.2) is 36.5 Å². The van der Waals surface area contributed by atoms with Gasteiger partial charge in [-0.05, 0) is 21.0 Å². The Morgan fingerprint density at radius 1 is 1.15 bits per heavy atom. The molecule has 0 spiro atoms. The van der Waals surface area contributed by atoms with Crippen molar-refractivity contribution < 1.29 is 31.4 Å². The molecule has 4 nitrogen and oxygen atoms in total. The second-order valence-corrected chi connectivity index (χ2v) is 3.41. The Hall–Kier alpha value is -0.630. The van der Waals surface area contributed by atoms with Crippen LogP contribution in [0.25, 0.3) is 10.9 Å². The predicted octanol–water partition coefficient (Wildman–Crippen LogP) is -3.76. The van der Waals surface area contributed by atoms with Crippen LogP contribution < -0.4 is 27.9 Å². The summed E-state index contributed by atoms with van der Waals surface area (Å²) in [5.74, 6) is 0. The normalized spacial score (nSPS) is 9.85. The fourth-order valence-corrected chi connectivity index (χ4v) is 0.995. The number of H-pyrrole nitrogens is 1. The van der Waals surface area contributed by atoms with Gasteiger partial charge in [0.25, 0.3) is 0 Å². The van der Waals surface area contributed by atoms with E-state index >= 15 is 0 Å². The molecule has 5 heteroatoms. The van der Waals surface area contributed by atoms with Gasteiger partial charge in [0.2, 0.25) is 0 Å². The van der Waals surface area contributed by atoms with E-state index < -0.39 is 21.1 Å². The average Bonchev–Trinajstić information content (AvgIpc) is 2.49. The maximum Gasteiger partial charge on any atom is 0.503 e. The summed E-state index contributed by atoms with van der Waals surface area (Å²) < 4.78 is 24.5. The molecule has 0 fully saturated rings. The highest BCUT2D eigenvalue weighted by atomic mass is 127. The average molecular weight is 293 g/mol. The third-order valence-corrected chi connectivity index (χ3v) is 1.46. The molecule has 0 saturated heterocycles. The lowest BCUT2D eigenvalue weighted by atomic mass is 10.3. The van der Waals surface area contributed by atoms with Crippen LogP contribution in [0.4, 0.5) is 0 Å². The van der Waals surface area contributed by atoms with E-state index in [1.165, 1.54) is 10.9 Å². The lowest BCUT2D eigenvalue weighted by Gasteiger charge is -1.83. The smallest absolute Gasteiger partial charge is 0.396 e. The van der Waals surface area contributed by atoms with Gasteiger partial charge in [0.15, 0.2) is 0 Å². The van der Waals surface area contributed by atoms with Gasteiger partial charge in [0, 0.05) is 11.7 Å². The van der Waals surface area contributed by atoms with Crippen molar-refractivity contribution in [1.82, 2.24) is 4.98 Å². The molecule has 0 atom stereocenters. The molecule has 0 saturated carbocycles. The summed E-state index contributed by atoms with van der Waals surface area (Å²) in [6.07, 6.45) is 1.95. The fourth-order valence-electron chi connectivity index (χ4n) is 0.995. The molecule has 70 valence electrons. The highest BCUT2D eigenvalue weighted by Gasteiger charge is 1.90. The van der Waals surface area contributed by atoms with Gasteiger partial charge >= 0.3 is 21.1 Å². The third kappa shape index (κ3) is 3.73. The van der Waals surface area contributed by atoms with E-state index in [0.29, 0.717) is 0 Å². The highest BCUT2D eigenvalue weighted by Crippen LogP contribution is 2.09. The van der Waals surface area contributed by atoms with Gasteiger partial charge in [-0.25, -0.2) is 0 Å². The molecule has 1 aromatic heterocycles. The van der Waals surface area contributed by atoms with E-state index in [4.69, 9.17) is 10.3 Å². The van der Waals surface area contributed by atoms with Gasteiger partial charge in [-0.1, -0.05) is 18.2 Å². The highest BCUT2D eigenvalue weighted by molar-refractivity contribution is 5.78. The molecule has 0 aliphatic rings. The van der Waals surface area contributed by atoms with Crippen LogP contribution in [0.1, 0.15) is 0 Å². The number of benzene rings is 1. The molecule has 2 rings (SSSR count). The van der Waals surface area contributed by atoms with Crippen LogP contribution >= 0.6 is 0 Å². The van der Waals surface area contributed by atoms with E-state index in [-0.39, 0.29) is 0 Å². The fraction of sp³-hybridized carbons (Fsp3) is 0. The Labute approximate surface area is 83.9 Å². The van der Waals surface area contributed by atoms with E-state index in [1.54, 1.807) is 0 Å². The lowest BCUT2D eigenvalue weighted by molar-refractivity contribution is -1.63. The molecule has 1 aromatic carbocycles. The molecule has 13 heavy (non-hydrogen) atoms. The molecule has 0 amide bonds. The van der Waals surface area contributed by atoms with Gasteiger partial charge in [-0.15, -0.1) is 0 Å². The second kappa shape index (κ2) is 5.18. The molecule has 0 bridgehead atoms. The summed E-state index contributed by atoms with van der Waals surface area (Å²) in [5.41, 5.74) is 1.21. The van der Waals surface area contributed by atoms with Gasteiger partial charge in [0.05, 0.1) is 0 Å². The summed E-state index contributed by atoms with van der Waals surface area (Å²) >= 11 is -3.76. The third-order valence-electron chi connectivity index (χ3n) is 1.46. The van der Waals surface area contributed by atoms with Crippen molar-refractivity contribution in [2.24, 2.45) is 0 Å². The van der Waals surface area contributed by atoms with Crippen molar-refractivity contribution in [3.05, 3.63) is 36.5 Å². The van der Waals surface area contributed by atoms with E-state index in [9.17, 15) is 0 Å². The van der Waals surface area contributed by atoms with Crippen LogP contribution in [0.2, 0.25) is 0 Å². The lowest BCUT2D eigenvalue weighted by Crippen LogP contribution is -3.98.